The number of aliphatic hydroxyl groups excluding tert-OH is 1. The lowest BCUT2D eigenvalue weighted by atomic mass is 9.44. The third-order valence-electron chi connectivity index (χ3n) is 11.7. The molecule has 4 nitrogen and oxygen atoms in total. The fraction of sp³-hybridized carbons (Fsp3) is 0.963. The number of hydrogen-bond donors (Lipinski definition) is 1. The molecule has 6 rings (SSSR count). The molecule has 4 saturated carbocycles. The highest BCUT2D eigenvalue weighted by atomic mass is 16.7. The van der Waals surface area contributed by atoms with Crippen LogP contribution in [0.2, 0.25) is 0 Å². The predicted octanol–water partition coefficient (Wildman–Crippen LogP) is 4.97. The van der Waals surface area contributed by atoms with Crippen LogP contribution in [0.5, 0.6) is 0 Å². The Labute approximate surface area is 187 Å². The van der Waals surface area contributed by atoms with Crippen LogP contribution in [0.3, 0.4) is 0 Å². The van der Waals surface area contributed by atoms with Gasteiger partial charge in [0, 0.05) is 24.7 Å². The van der Waals surface area contributed by atoms with Gasteiger partial charge < -0.3 is 14.6 Å². The Balaban J connectivity index is 1.28. The number of aliphatic hydroxyl groups is 1. The van der Waals surface area contributed by atoms with Crippen LogP contribution in [0.25, 0.3) is 0 Å². The van der Waals surface area contributed by atoms with E-state index in [0.29, 0.717) is 53.8 Å². The van der Waals surface area contributed by atoms with Gasteiger partial charge in [0.2, 0.25) is 0 Å². The monoisotopic (exact) mass is 430 g/mol. The molecule has 0 aromatic carbocycles. The summed E-state index contributed by atoms with van der Waals surface area (Å²) in [4.78, 5) is 13.3. The first-order chi connectivity index (χ1) is 14.7. The first-order valence-electron chi connectivity index (χ1n) is 13.2. The first-order valence-corrected chi connectivity index (χ1v) is 13.2. The van der Waals surface area contributed by atoms with Gasteiger partial charge in [-0.1, -0.05) is 27.7 Å². The van der Waals surface area contributed by atoms with Gasteiger partial charge in [0.05, 0.1) is 18.8 Å². The van der Waals surface area contributed by atoms with Crippen molar-refractivity contribution in [2.75, 3.05) is 6.61 Å². The molecular formula is C27H42O4. The Morgan fingerprint density at radius 2 is 1.74 bits per heavy atom. The summed E-state index contributed by atoms with van der Waals surface area (Å²) in [5, 5.41) is 10.3. The van der Waals surface area contributed by atoms with Crippen molar-refractivity contribution in [2.24, 2.45) is 52.3 Å². The molecule has 0 amide bonds. The van der Waals surface area contributed by atoms with Crippen LogP contribution >= 0.6 is 0 Å². The summed E-state index contributed by atoms with van der Waals surface area (Å²) >= 11 is 0. The van der Waals surface area contributed by atoms with Crippen molar-refractivity contribution in [3.63, 3.8) is 0 Å². The average Bonchev–Trinajstić information content (AvgIpc) is 3.17. The number of Topliss-reactive ketones (excluding diaryl/α,β-unsaturated/α-hetero) is 1. The molecular weight excluding hydrogens is 388 g/mol. The van der Waals surface area contributed by atoms with Crippen LogP contribution in [0.1, 0.15) is 85.5 Å². The second-order valence-electron chi connectivity index (χ2n) is 13.1. The third-order valence-corrected chi connectivity index (χ3v) is 11.7. The van der Waals surface area contributed by atoms with E-state index in [1.165, 1.54) is 19.3 Å². The molecule has 2 aliphatic heterocycles. The highest BCUT2D eigenvalue weighted by Gasteiger charge is 2.69. The maximum absolute atomic E-state index is 13.3. The highest BCUT2D eigenvalue weighted by Crippen LogP contribution is 2.71. The van der Waals surface area contributed by atoms with Crippen LogP contribution in [0.15, 0.2) is 0 Å². The van der Waals surface area contributed by atoms with Gasteiger partial charge in [-0.05, 0) is 85.4 Å². The number of carbonyl (C=O) groups excluding carboxylic acids is 1. The fourth-order valence-corrected chi connectivity index (χ4v) is 10.0. The Bertz CT molecular complexity index is 756. The number of hydrogen-bond acceptors (Lipinski definition) is 4. The molecule has 174 valence electrons. The Kier molecular flexibility index (Phi) is 4.62. The Hall–Kier alpha value is -0.450. The summed E-state index contributed by atoms with van der Waals surface area (Å²) in [5.74, 6) is 3.53. The minimum Gasteiger partial charge on any atom is -0.393 e. The van der Waals surface area contributed by atoms with Gasteiger partial charge in [-0.25, -0.2) is 0 Å². The molecule has 0 unspecified atom stereocenters. The molecule has 4 aliphatic carbocycles. The quantitative estimate of drug-likeness (QED) is 0.589. The molecule has 1 N–H and O–H groups in total. The number of carbonyl (C=O) groups is 1. The molecule has 6 fully saturated rings. The van der Waals surface area contributed by atoms with Crippen LogP contribution < -0.4 is 0 Å². The molecule has 4 heteroatoms. The average molecular weight is 431 g/mol. The summed E-state index contributed by atoms with van der Waals surface area (Å²) in [5.41, 5.74) is 0.355. The molecule has 0 bridgehead atoms. The summed E-state index contributed by atoms with van der Waals surface area (Å²) in [6, 6.07) is 0. The van der Waals surface area contributed by atoms with Gasteiger partial charge in [-0.15, -0.1) is 0 Å². The summed E-state index contributed by atoms with van der Waals surface area (Å²) in [7, 11) is 0. The van der Waals surface area contributed by atoms with Crippen molar-refractivity contribution in [3.05, 3.63) is 0 Å². The lowest BCUT2D eigenvalue weighted by molar-refractivity contribution is -0.273. The molecule has 0 aromatic heterocycles. The van der Waals surface area contributed by atoms with Gasteiger partial charge in [0.1, 0.15) is 5.78 Å². The van der Waals surface area contributed by atoms with Crippen LogP contribution in [-0.2, 0) is 14.3 Å². The van der Waals surface area contributed by atoms with Crippen LogP contribution in [0.4, 0.5) is 0 Å². The zero-order chi connectivity index (χ0) is 21.8. The second kappa shape index (κ2) is 6.79. The normalized spacial score (nSPS) is 60.9. The van der Waals surface area contributed by atoms with Gasteiger partial charge in [0.25, 0.3) is 0 Å². The van der Waals surface area contributed by atoms with E-state index in [-0.39, 0.29) is 28.6 Å². The molecule has 0 radical (unpaired) electrons. The van der Waals surface area contributed by atoms with E-state index >= 15 is 0 Å². The van der Waals surface area contributed by atoms with Crippen molar-refractivity contribution in [2.45, 2.75) is 103 Å². The molecule has 1 spiro atoms. The Morgan fingerprint density at radius 1 is 0.968 bits per heavy atom. The van der Waals surface area contributed by atoms with E-state index < -0.39 is 0 Å². The number of rotatable bonds is 0. The molecule has 6 aliphatic rings. The van der Waals surface area contributed by atoms with E-state index in [1.807, 2.05) is 0 Å². The van der Waals surface area contributed by atoms with Gasteiger partial charge >= 0.3 is 0 Å². The van der Waals surface area contributed by atoms with Crippen LogP contribution in [-0.4, -0.2) is 35.5 Å². The summed E-state index contributed by atoms with van der Waals surface area (Å²) < 4.78 is 13.3. The van der Waals surface area contributed by atoms with E-state index in [4.69, 9.17) is 9.47 Å². The SMILES string of the molecule is C[C@@H]1CC[C@]2(OC1)O[C@@H]1C[C@@H]3[C@H]4CC(=O)[C@H]5C[C@@H](O)CC[C@]5(C)[C@@H]4CC[C@]3(C)[C@H]1[C@@H]2C. The van der Waals surface area contributed by atoms with Crippen molar-refractivity contribution in [3.8, 4) is 0 Å². The minimum atomic E-state index is -0.356. The van der Waals surface area contributed by atoms with Crippen molar-refractivity contribution in [1.29, 1.82) is 0 Å². The maximum atomic E-state index is 13.3. The smallest absolute Gasteiger partial charge is 0.171 e. The zero-order valence-corrected chi connectivity index (χ0v) is 19.9. The van der Waals surface area contributed by atoms with Crippen molar-refractivity contribution in [1.82, 2.24) is 0 Å². The molecule has 2 saturated heterocycles. The topological polar surface area (TPSA) is 55.8 Å². The molecule has 12 atom stereocenters. The largest absolute Gasteiger partial charge is 0.393 e. The predicted molar refractivity (Wildman–Crippen MR) is 118 cm³/mol. The van der Waals surface area contributed by atoms with Gasteiger partial charge in [-0.2, -0.15) is 0 Å². The highest BCUT2D eigenvalue weighted by molar-refractivity contribution is 5.83. The van der Waals surface area contributed by atoms with E-state index in [2.05, 4.69) is 27.7 Å². The Morgan fingerprint density at radius 3 is 2.48 bits per heavy atom. The zero-order valence-electron chi connectivity index (χ0n) is 19.9. The van der Waals surface area contributed by atoms with Gasteiger partial charge in [0.15, 0.2) is 5.79 Å². The lowest BCUT2D eigenvalue weighted by Gasteiger charge is -2.60. The summed E-state index contributed by atoms with van der Waals surface area (Å²) in [6.07, 6.45) is 9.21. The standard InChI is InChI=1S/C27H42O4/c1-15-5-10-27(30-14-15)16(2)24-23(31-27)13-20-18-12-22(29)21-11-17(28)6-8-25(21,3)19(18)7-9-26(20,24)4/h15-21,23-24,28H,5-14H2,1-4H3/t15-,16+,17+,18+,19-,20-,21-,23-,24+,25-,26+,27+/m1/s1. The maximum Gasteiger partial charge on any atom is 0.171 e. The molecule has 31 heavy (non-hydrogen) atoms. The van der Waals surface area contributed by atoms with Crippen molar-refractivity contribution >= 4 is 5.78 Å². The second-order valence-corrected chi connectivity index (χ2v) is 13.1. The number of fused-ring (bicyclic) bond motifs is 7. The number of ether oxygens (including phenoxy) is 2. The van der Waals surface area contributed by atoms with E-state index in [0.717, 1.165) is 38.7 Å². The third kappa shape index (κ3) is 2.74. The van der Waals surface area contributed by atoms with Gasteiger partial charge in [-0.3, -0.25) is 4.79 Å². The fourth-order valence-electron chi connectivity index (χ4n) is 10.0. The minimum absolute atomic E-state index is 0.0823. The van der Waals surface area contributed by atoms with Crippen molar-refractivity contribution < 1.29 is 19.4 Å². The molecule has 0 aromatic rings. The van der Waals surface area contributed by atoms with E-state index in [9.17, 15) is 9.90 Å². The number of ketones is 1. The van der Waals surface area contributed by atoms with E-state index in [1.54, 1.807) is 0 Å². The summed E-state index contributed by atoms with van der Waals surface area (Å²) in [6.45, 7) is 10.4. The lowest BCUT2D eigenvalue weighted by Crippen LogP contribution is -2.57. The first kappa shape index (κ1) is 21.1. The molecule has 2 heterocycles. The van der Waals surface area contributed by atoms with Crippen LogP contribution in [0, 0.1) is 52.3 Å².